The first kappa shape index (κ1) is 15.2. The molecule has 114 valence electrons. The van der Waals surface area contributed by atoms with E-state index in [-0.39, 0.29) is 6.61 Å². The minimum Gasteiger partial charge on any atom is -0.493 e. The number of rotatable bonds is 8. The Kier molecular flexibility index (Phi) is 5.45. The lowest BCUT2D eigenvalue weighted by Crippen LogP contribution is -2.05. The van der Waals surface area contributed by atoms with Crippen LogP contribution in [0.3, 0.4) is 0 Å². The van der Waals surface area contributed by atoms with Crippen LogP contribution < -0.4 is 14.2 Å². The van der Waals surface area contributed by atoms with Gasteiger partial charge >= 0.3 is 0 Å². The van der Waals surface area contributed by atoms with Crippen LogP contribution in [0.1, 0.15) is 12.0 Å². The Morgan fingerprint density at radius 2 is 1.90 bits per heavy atom. The second-order valence-electron chi connectivity index (χ2n) is 4.49. The topological polar surface area (TPSA) is 65.7 Å². The number of hydrogen-bond acceptors (Lipinski definition) is 5. The predicted octanol–water partition coefficient (Wildman–Crippen LogP) is 1.86. The predicted molar refractivity (Wildman–Crippen MR) is 77.8 cm³/mol. The molecule has 6 heteroatoms. The lowest BCUT2D eigenvalue weighted by Gasteiger charge is -2.15. The van der Waals surface area contributed by atoms with Gasteiger partial charge in [0.15, 0.2) is 11.5 Å². The molecule has 0 atom stereocenters. The van der Waals surface area contributed by atoms with Crippen molar-refractivity contribution in [2.24, 2.45) is 0 Å². The number of benzene rings is 1. The number of imidazole rings is 1. The Morgan fingerprint density at radius 1 is 1.19 bits per heavy atom. The van der Waals surface area contributed by atoms with E-state index in [2.05, 4.69) is 4.98 Å². The second-order valence-corrected chi connectivity index (χ2v) is 4.49. The first-order chi connectivity index (χ1) is 10.3. The molecule has 2 rings (SSSR count). The molecule has 2 aromatic rings. The van der Waals surface area contributed by atoms with Crippen molar-refractivity contribution in [3.8, 4) is 17.2 Å². The number of aliphatic hydroxyl groups is 1. The summed E-state index contributed by atoms with van der Waals surface area (Å²) in [4.78, 5) is 3.99. The highest BCUT2D eigenvalue weighted by molar-refractivity contribution is 5.53. The molecular weight excluding hydrogens is 272 g/mol. The summed E-state index contributed by atoms with van der Waals surface area (Å²) in [5.74, 6) is 1.67. The quantitative estimate of drug-likeness (QED) is 0.752. The monoisotopic (exact) mass is 292 g/mol. The van der Waals surface area contributed by atoms with Gasteiger partial charge in [-0.15, -0.1) is 0 Å². The first-order valence-electron chi connectivity index (χ1n) is 6.72. The van der Waals surface area contributed by atoms with Crippen LogP contribution in [0.15, 0.2) is 30.9 Å². The van der Waals surface area contributed by atoms with Crippen LogP contribution in [-0.4, -0.2) is 35.5 Å². The summed E-state index contributed by atoms with van der Waals surface area (Å²) in [6.07, 6.45) is 6.28. The number of aromatic nitrogens is 2. The third-order valence-corrected chi connectivity index (χ3v) is 3.07. The van der Waals surface area contributed by atoms with Gasteiger partial charge in [-0.2, -0.15) is 0 Å². The van der Waals surface area contributed by atoms with Gasteiger partial charge in [0.05, 0.1) is 33.8 Å². The molecule has 0 saturated carbocycles. The maximum Gasteiger partial charge on any atom is 0.203 e. The standard InChI is InChI=1S/C15H20N2O4/c1-19-13-8-12(10-18)9-14(20-2)15(13)21-7-3-5-17-6-4-16-11-17/h4,6,8-9,11,18H,3,5,7,10H2,1-2H3. The molecule has 1 N–H and O–H groups in total. The molecule has 1 aromatic carbocycles. The fraction of sp³-hybridized carbons (Fsp3) is 0.400. The Labute approximate surface area is 123 Å². The summed E-state index contributed by atoms with van der Waals surface area (Å²) >= 11 is 0. The number of methoxy groups -OCH3 is 2. The maximum absolute atomic E-state index is 9.23. The zero-order valence-electron chi connectivity index (χ0n) is 12.3. The zero-order valence-corrected chi connectivity index (χ0v) is 12.3. The van der Waals surface area contributed by atoms with Gasteiger partial charge in [-0.1, -0.05) is 0 Å². The Morgan fingerprint density at radius 3 is 2.43 bits per heavy atom. The number of ether oxygens (including phenoxy) is 3. The van der Waals surface area contributed by atoms with E-state index in [1.54, 1.807) is 38.9 Å². The summed E-state index contributed by atoms with van der Waals surface area (Å²) in [5.41, 5.74) is 0.717. The lowest BCUT2D eigenvalue weighted by molar-refractivity contribution is 0.260. The number of aryl methyl sites for hydroxylation is 1. The minimum atomic E-state index is -0.0758. The van der Waals surface area contributed by atoms with Crippen molar-refractivity contribution in [3.63, 3.8) is 0 Å². The third kappa shape index (κ3) is 3.88. The SMILES string of the molecule is COc1cc(CO)cc(OC)c1OCCCn1ccnc1. The van der Waals surface area contributed by atoms with E-state index in [1.165, 1.54) is 0 Å². The van der Waals surface area contributed by atoms with Crippen molar-refractivity contribution < 1.29 is 19.3 Å². The highest BCUT2D eigenvalue weighted by Gasteiger charge is 2.13. The molecule has 0 aliphatic carbocycles. The molecule has 0 aliphatic heterocycles. The van der Waals surface area contributed by atoms with Gasteiger partial charge in [0.1, 0.15) is 0 Å². The van der Waals surface area contributed by atoms with E-state index in [4.69, 9.17) is 14.2 Å². The van der Waals surface area contributed by atoms with Crippen molar-refractivity contribution in [1.29, 1.82) is 0 Å². The van der Waals surface area contributed by atoms with E-state index in [9.17, 15) is 5.11 Å². The lowest BCUT2D eigenvalue weighted by atomic mass is 10.2. The highest BCUT2D eigenvalue weighted by atomic mass is 16.5. The van der Waals surface area contributed by atoms with Crippen LogP contribution in [0.5, 0.6) is 17.2 Å². The smallest absolute Gasteiger partial charge is 0.203 e. The van der Waals surface area contributed by atoms with Gasteiger partial charge in [-0.25, -0.2) is 4.98 Å². The molecule has 0 radical (unpaired) electrons. The van der Waals surface area contributed by atoms with Crippen LogP contribution >= 0.6 is 0 Å². The normalized spacial score (nSPS) is 10.4. The van der Waals surface area contributed by atoms with E-state index in [0.29, 0.717) is 23.9 Å². The number of aliphatic hydroxyl groups excluding tert-OH is 1. The Hall–Kier alpha value is -2.21. The largest absolute Gasteiger partial charge is 0.493 e. The molecule has 0 amide bonds. The van der Waals surface area contributed by atoms with Gasteiger partial charge in [-0.3, -0.25) is 0 Å². The van der Waals surface area contributed by atoms with Crippen LogP contribution in [0.25, 0.3) is 0 Å². The van der Waals surface area contributed by atoms with Crippen molar-refractivity contribution in [1.82, 2.24) is 9.55 Å². The van der Waals surface area contributed by atoms with Crippen molar-refractivity contribution in [2.75, 3.05) is 20.8 Å². The van der Waals surface area contributed by atoms with Crippen LogP contribution in [0.4, 0.5) is 0 Å². The van der Waals surface area contributed by atoms with E-state index in [0.717, 1.165) is 18.5 Å². The van der Waals surface area contributed by atoms with Crippen molar-refractivity contribution in [3.05, 3.63) is 36.4 Å². The van der Waals surface area contributed by atoms with E-state index in [1.807, 2.05) is 10.8 Å². The van der Waals surface area contributed by atoms with Crippen LogP contribution in [-0.2, 0) is 13.2 Å². The molecule has 0 spiro atoms. The molecule has 0 fully saturated rings. The fourth-order valence-corrected chi connectivity index (χ4v) is 2.01. The summed E-state index contributed by atoms with van der Waals surface area (Å²) in [6, 6.07) is 3.49. The molecule has 0 bridgehead atoms. The van der Waals surface area contributed by atoms with E-state index < -0.39 is 0 Å². The summed E-state index contributed by atoms with van der Waals surface area (Å²) in [6.45, 7) is 1.29. The fourth-order valence-electron chi connectivity index (χ4n) is 2.01. The number of hydrogen-bond donors (Lipinski definition) is 1. The van der Waals surface area contributed by atoms with Crippen LogP contribution in [0, 0.1) is 0 Å². The first-order valence-corrected chi connectivity index (χ1v) is 6.72. The zero-order chi connectivity index (χ0) is 15.1. The second kappa shape index (κ2) is 7.54. The summed E-state index contributed by atoms with van der Waals surface area (Å²) in [7, 11) is 3.13. The Balaban J connectivity index is 2.00. The summed E-state index contributed by atoms with van der Waals surface area (Å²) in [5, 5.41) is 9.23. The van der Waals surface area contributed by atoms with Crippen molar-refractivity contribution in [2.45, 2.75) is 19.6 Å². The molecule has 1 aromatic heterocycles. The van der Waals surface area contributed by atoms with Gasteiger partial charge in [-0.05, 0) is 24.1 Å². The van der Waals surface area contributed by atoms with Gasteiger partial charge in [0.25, 0.3) is 0 Å². The molecule has 6 nitrogen and oxygen atoms in total. The average Bonchev–Trinajstić information content (AvgIpc) is 3.04. The molecule has 0 saturated heterocycles. The molecule has 21 heavy (non-hydrogen) atoms. The molecule has 1 heterocycles. The molecular formula is C15H20N2O4. The van der Waals surface area contributed by atoms with E-state index >= 15 is 0 Å². The molecule has 0 unspecified atom stereocenters. The van der Waals surface area contributed by atoms with Gasteiger partial charge in [0, 0.05) is 18.9 Å². The third-order valence-electron chi connectivity index (χ3n) is 3.07. The Bertz CT molecular complexity index is 530. The van der Waals surface area contributed by atoms with Crippen molar-refractivity contribution >= 4 is 0 Å². The highest BCUT2D eigenvalue weighted by Crippen LogP contribution is 2.38. The van der Waals surface area contributed by atoms with Crippen LogP contribution in [0.2, 0.25) is 0 Å². The number of nitrogens with zero attached hydrogens (tertiary/aromatic N) is 2. The summed E-state index contributed by atoms with van der Waals surface area (Å²) < 4.78 is 18.4. The average molecular weight is 292 g/mol. The minimum absolute atomic E-state index is 0.0758. The van der Waals surface area contributed by atoms with Gasteiger partial charge < -0.3 is 23.9 Å². The maximum atomic E-state index is 9.23. The van der Waals surface area contributed by atoms with Gasteiger partial charge in [0.2, 0.25) is 5.75 Å². The molecule has 0 aliphatic rings.